The van der Waals surface area contributed by atoms with Crippen molar-refractivity contribution in [1.82, 2.24) is 9.78 Å². The average Bonchev–Trinajstić information content (AvgIpc) is 2.77. The number of hydrogen-bond donors (Lipinski definition) is 2. The fourth-order valence-electron chi connectivity index (χ4n) is 1.87. The van der Waals surface area contributed by atoms with Gasteiger partial charge >= 0.3 is 0 Å². The highest BCUT2D eigenvalue weighted by Crippen LogP contribution is 2.24. The zero-order valence-electron chi connectivity index (χ0n) is 11.6. The van der Waals surface area contributed by atoms with E-state index >= 15 is 0 Å². The topological polar surface area (TPSA) is 82.2 Å². The number of nitrogens with two attached hydrogens (primary N) is 1. The van der Waals surface area contributed by atoms with Crippen molar-refractivity contribution in [3.8, 4) is 5.75 Å². The maximum absolute atomic E-state index is 12.2. The lowest BCUT2D eigenvalue weighted by atomic mass is 10.2. The third-order valence-electron chi connectivity index (χ3n) is 2.75. The molecule has 106 valence electrons. The van der Waals surface area contributed by atoms with E-state index in [9.17, 15) is 4.79 Å². The fourth-order valence-corrected chi connectivity index (χ4v) is 1.87. The van der Waals surface area contributed by atoms with Gasteiger partial charge in [0.15, 0.2) is 0 Å². The molecule has 0 aliphatic rings. The highest BCUT2D eigenvalue weighted by atomic mass is 16.5. The lowest BCUT2D eigenvalue weighted by Crippen LogP contribution is -2.17. The van der Waals surface area contributed by atoms with Crippen molar-refractivity contribution in [3.05, 3.63) is 41.7 Å². The van der Waals surface area contributed by atoms with Crippen LogP contribution in [0.15, 0.2) is 30.3 Å². The first-order valence-corrected chi connectivity index (χ1v) is 6.35. The van der Waals surface area contributed by atoms with Crippen LogP contribution in [-0.2, 0) is 7.05 Å². The van der Waals surface area contributed by atoms with Gasteiger partial charge in [0.1, 0.15) is 18.1 Å². The number of hydrogen-bond acceptors (Lipinski definition) is 4. The normalized spacial score (nSPS) is 10.3. The summed E-state index contributed by atoms with van der Waals surface area (Å²) in [5, 5.41) is 6.98. The maximum Gasteiger partial charge on any atom is 0.274 e. The number of amides is 1. The van der Waals surface area contributed by atoms with Crippen LogP contribution in [0.25, 0.3) is 0 Å². The smallest absolute Gasteiger partial charge is 0.274 e. The van der Waals surface area contributed by atoms with Gasteiger partial charge in [-0.2, -0.15) is 5.10 Å². The van der Waals surface area contributed by atoms with Crippen molar-refractivity contribution in [3.63, 3.8) is 0 Å². The Bertz CT molecular complexity index is 607. The molecule has 0 aliphatic carbocycles. The Labute approximate surface area is 117 Å². The first kappa shape index (κ1) is 14.1. The van der Waals surface area contributed by atoms with Gasteiger partial charge in [0.05, 0.1) is 11.4 Å². The molecule has 1 heterocycles. The molecule has 0 atom stereocenters. The van der Waals surface area contributed by atoms with Crippen LogP contribution in [0, 0.1) is 6.92 Å². The Morgan fingerprint density at radius 1 is 1.45 bits per heavy atom. The summed E-state index contributed by atoms with van der Waals surface area (Å²) in [6.45, 7) is 2.66. The molecule has 0 aliphatic heterocycles. The van der Waals surface area contributed by atoms with Crippen LogP contribution in [0.4, 0.5) is 5.69 Å². The summed E-state index contributed by atoms with van der Waals surface area (Å²) in [6.07, 6.45) is 0. The van der Waals surface area contributed by atoms with Gasteiger partial charge in [-0.15, -0.1) is 0 Å². The van der Waals surface area contributed by atoms with E-state index in [0.717, 1.165) is 5.69 Å². The molecule has 1 amide bonds. The van der Waals surface area contributed by atoms with Crippen LogP contribution in [0.1, 0.15) is 16.2 Å². The van der Waals surface area contributed by atoms with E-state index in [4.69, 9.17) is 10.5 Å². The van der Waals surface area contributed by atoms with Crippen molar-refractivity contribution in [2.24, 2.45) is 12.8 Å². The number of rotatable bonds is 5. The molecule has 2 rings (SSSR count). The van der Waals surface area contributed by atoms with Crippen LogP contribution in [0.2, 0.25) is 0 Å². The number of carbonyl (C=O) groups is 1. The van der Waals surface area contributed by atoms with Gasteiger partial charge in [-0.05, 0) is 25.1 Å². The largest absolute Gasteiger partial charge is 0.490 e. The number of carbonyl (C=O) groups excluding carboxylic acids is 1. The van der Waals surface area contributed by atoms with E-state index in [1.165, 1.54) is 0 Å². The maximum atomic E-state index is 12.2. The first-order chi connectivity index (χ1) is 9.61. The second kappa shape index (κ2) is 6.21. The van der Waals surface area contributed by atoms with E-state index in [2.05, 4.69) is 10.4 Å². The Kier molecular flexibility index (Phi) is 4.37. The Morgan fingerprint density at radius 2 is 2.20 bits per heavy atom. The Hall–Kier alpha value is -2.34. The van der Waals surface area contributed by atoms with E-state index in [0.29, 0.717) is 30.3 Å². The molecule has 0 saturated carbocycles. The Balaban J connectivity index is 2.17. The van der Waals surface area contributed by atoms with Crippen LogP contribution in [0.5, 0.6) is 5.75 Å². The molecule has 6 heteroatoms. The number of aryl methyl sites for hydroxylation is 2. The first-order valence-electron chi connectivity index (χ1n) is 6.35. The van der Waals surface area contributed by atoms with Gasteiger partial charge in [0, 0.05) is 13.6 Å². The second-order valence-corrected chi connectivity index (χ2v) is 4.38. The summed E-state index contributed by atoms with van der Waals surface area (Å²) in [6, 6.07) is 8.99. The summed E-state index contributed by atoms with van der Waals surface area (Å²) in [5.41, 5.74) is 7.33. The lowest BCUT2D eigenvalue weighted by molar-refractivity contribution is 0.101. The SMILES string of the molecule is Cc1cc(C(=O)Nc2ccccc2OCCN)n(C)n1. The molecule has 0 bridgehead atoms. The molecule has 2 aromatic rings. The van der Waals surface area contributed by atoms with E-state index in [1.807, 2.05) is 19.1 Å². The number of benzene rings is 1. The van der Waals surface area contributed by atoms with Gasteiger partial charge in [-0.3, -0.25) is 9.48 Å². The number of nitrogens with zero attached hydrogens (tertiary/aromatic N) is 2. The van der Waals surface area contributed by atoms with Gasteiger partial charge in [-0.1, -0.05) is 12.1 Å². The summed E-state index contributed by atoms with van der Waals surface area (Å²) in [5.74, 6) is 0.377. The molecule has 0 saturated heterocycles. The molecule has 6 nitrogen and oxygen atoms in total. The molecule has 0 radical (unpaired) electrons. The highest BCUT2D eigenvalue weighted by molar-refractivity contribution is 6.03. The predicted octanol–water partition coefficient (Wildman–Crippen LogP) is 1.32. The van der Waals surface area contributed by atoms with Crippen molar-refractivity contribution in [2.75, 3.05) is 18.5 Å². The van der Waals surface area contributed by atoms with Crippen LogP contribution in [0.3, 0.4) is 0 Å². The van der Waals surface area contributed by atoms with E-state index < -0.39 is 0 Å². The average molecular weight is 274 g/mol. The van der Waals surface area contributed by atoms with Crippen LogP contribution >= 0.6 is 0 Å². The van der Waals surface area contributed by atoms with Crippen LogP contribution in [-0.4, -0.2) is 28.8 Å². The monoisotopic (exact) mass is 274 g/mol. The van der Waals surface area contributed by atoms with E-state index in [-0.39, 0.29) is 5.91 Å². The lowest BCUT2D eigenvalue weighted by Gasteiger charge is -2.11. The quantitative estimate of drug-likeness (QED) is 0.861. The molecule has 0 spiro atoms. The molecule has 1 aromatic carbocycles. The molecule has 0 unspecified atom stereocenters. The summed E-state index contributed by atoms with van der Waals surface area (Å²) >= 11 is 0. The second-order valence-electron chi connectivity index (χ2n) is 4.38. The molecule has 3 N–H and O–H groups in total. The minimum absolute atomic E-state index is 0.225. The number of ether oxygens (including phenoxy) is 1. The molecule has 1 aromatic heterocycles. The molecular weight excluding hydrogens is 256 g/mol. The van der Waals surface area contributed by atoms with Gasteiger partial charge < -0.3 is 15.8 Å². The third kappa shape index (κ3) is 3.16. The third-order valence-corrected chi connectivity index (χ3v) is 2.75. The zero-order chi connectivity index (χ0) is 14.5. The molecule has 20 heavy (non-hydrogen) atoms. The number of anilines is 1. The van der Waals surface area contributed by atoms with Gasteiger partial charge in [-0.25, -0.2) is 0 Å². The molecular formula is C14H18N4O2. The number of nitrogens with one attached hydrogen (secondary N) is 1. The van der Waals surface area contributed by atoms with Gasteiger partial charge in [0.2, 0.25) is 0 Å². The van der Waals surface area contributed by atoms with Crippen molar-refractivity contribution in [1.29, 1.82) is 0 Å². The predicted molar refractivity (Wildman–Crippen MR) is 76.9 cm³/mol. The number of para-hydroxylation sites is 2. The van der Waals surface area contributed by atoms with Crippen molar-refractivity contribution < 1.29 is 9.53 Å². The molecule has 0 fully saturated rings. The fraction of sp³-hybridized carbons (Fsp3) is 0.286. The van der Waals surface area contributed by atoms with E-state index in [1.54, 1.807) is 29.9 Å². The minimum Gasteiger partial charge on any atom is -0.490 e. The standard InChI is InChI=1S/C14H18N4O2/c1-10-9-12(18(2)17-10)14(19)16-11-5-3-4-6-13(11)20-8-7-15/h3-6,9H,7-8,15H2,1-2H3,(H,16,19). The number of aromatic nitrogens is 2. The summed E-state index contributed by atoms with van der Waals surface area (Å²) in [7, 11) is 1.73. The summed E-state index contributed by atoms with van der Waals surface area (Å²) < 4.78 is 7.05. The minimum atomic E-state index is -0.225. The van der Waals surface area contributed by atoms with Gasteiger partial charge in [0.25, 0.3) is 5.91 Å². The van der Waals surface area contributed by atoms with Crippen molar-refractivity contribution in [2.45, 2.75) is 6.92 Å². The van der Waals surface area contributed by atoms with Crippen molar-refractivity contribution >= 4 is 11.6 Å². The zero-order valence-corrected chi connectivity index (χ0v) is 11.6. The summed E-state index contributed by atoms with van der Waals surface area (Å²) in [4.78, 5) is 12.2. The highest BCUT2D eigenvalue weighted by Gasteiger charge is 2.13. The Morgan fingerprint density at radius 3 is 2.85 bits per heavy atom. The van der Waals surface area contributed by atoms with Crippen LogP contribution < -0.4 is 15.8 Å².